The van der Waals surface area contributed by atoms with Gasteiger partial charge in [-0.1, -0.05) is 18.2 Å². The topological polar surface area (TPSA) is 66.0 Å². The van der Waals surface area contributed by atoms with E-state index in [9.17, 15) is 14.4 Å². The van der Waals surface area contributed by atoms with Gasteiger partial charge >= 0.3 is 17.1 Å². The van der Waals surface area contributed by atoms with E-state index in [1.807, 2.05) is 0 Å². The van der Waals surface area contributed by atoms with Crippen LogP contribution >= 0.6 is 0 Å². The van der Waals surface area contributed by atoms with Gasteiger partial charge in [0.1, 0.15) is 0 Å². The summed E-state index contributed by atoms with van der Waals surface area (Å²) in [5.41, 5.74) is -1.74. The highest BCUT2D eigenvalue weighted by Gasteiger charge is 2.13. The smallest absolute Gasteiger partial charge is 0.247 e. The highest BCUT2D eigenvalue weighted by molar-refractivity contribution is 4.82. The third-order valence-electron chi connectivity index (χ3n) is 3.06. The molecule has 0 saturated carbocycles. The number of allylic oxidation sites excluding steroid dienone is 3. The van der Waals surface area contributed by atoms with Crippen molar-refractivity contribution < 1.29 is 0 Å². The van der Waals surface area contributed by atoms with Crippen LogP contribution in [-0.4, -0.2) is 13.7 Å². The lowest BCUT2D eigenvalue weighted by Gasteiger charge is -2.12. The Bertz CT molecular complexity index is 566. The van der Waals surface area contributed by atoms with Gasteiger partial charge in [-0.25, -0.2) is 28.1 Å². The molecule has 0 fully saturated rings. The largest absolute Gasteiger partial charge is 0.336 e. The lowest BCUT2D eigenvalue weighted by Crippen LogP contribution is -2.54. The van der Waals surface area contributed by atoms with Gasteiger partial charge in [0.2, 0.25) is 0 Å². The van der Waals surface area contributed by atoms with E-state index in [1.165, 1.54) is 0 Å². The van der Waals surface area contributed by atoms with Crippen molar-refractivity contribution >= 4 is 0 Å². The van der Waals surface area contributed by atoms with Crippen LogP contribution in [0.5, 0.6) is 0 Å². The Labute approximate surface area is 123 Å². The van der Waals surface area contributed by atoms with Crippen LogP contribution in [0.2, 0.25) is 0 Å². The minimum atomic E-state index is -0.580. The predicted octanol–water partition coefficient (Wildman–Crippen LogP) is 0.900. The van der Waals surface area contributed by atoms with E-state index >= 15 is 0 Å². The molecule has 1 aromatic heterocycles. The zero-order valence-corrected chi connectivity index (χ0v) is 12.2. The third-order valence-corrected chi connectivity index (χ3v) is 3.06. The summed E-state index contributed by atoms with van der Waals surface area (Å²) in [6.45, 7) is 11.4. The van der Waals surface area contributed by atoms with Gasteiger partial charge < -0.3 is 0 Å². The SMILES string of the molecule is C=CCCn1c(=O)n(CCC=C)c(=O)n(CCC=C)c1=O. The Morgan fingerprint density at radius 3 is 1.05 bits per heavy atom. The number of hydrogen-bond donors (Lipinski definition) is 0. The Balaban J connectivity index is 3.49. The molecule has 0 N–H and O–H groups in total. The van der Waals surface area contributed by atoms with Gasteiger partial charge in [0.25, 0.3) is 0 Å². The van der Waals surface area contributed by atoms with Gasteiger partial charge in [-0.3, -0.25) is 0 Å². The van der Waals surface area contributed by atoms with Crippen molar-refractivity contribution in [1.82, 2.24) is 13.7 Å². The molecule has 0 amide bonds. The molecule has 0 aromatic carbocycles. The van der Waals surface area contributed by atoms with Gasteiger partial charge in [-0.15, -0.1) is 19.7 Å². The van der Waals surface area contributed by atoms with Crippen LogP contribution in [0.25, 0.3) is 0 Å². The molecule has 0 aliphatic heterocycles. The van der Waals surface area contributed by atoms with Crippen molar-refractivity contribution in [2.45, 2.75) is 38.9 Å². The fraction of sp³-hybridized carbons (Fsp3) is 0.400. The molecule has 1 heterocycles. The van der Waals surface area contributed by atoms with Crippen molar-refractivity contribution in [2.24, 2.45) is 0 Å². The van der Waals surface area contributed by atoms with E-state index in [2.05, 4.69) is 19.7 Å². The van der Waals surface area contributed by atoms with Crippen molar-refractivity contribution in [2.75, 3.05) is 0 Å². The quantitative estimate of drug-likeness (QED) is 0.635. The van der Waals surface area contributed by atoms with Crippen molar-refractivity contribution in [1.29, 1.82) is 0 Å². The molecule has 0 unspecified atom stereocenters. The van der Waals surface area contributed by atoms with Crippen LogP contribution in [0.1, 0.15) is 19.3 Å². The van der Waals surface area contributed by atoms with Crippen LogP contribution in [-0.2, 0) is 19.6 Å². The Kier molecular flexibility index (Phi) is 6.39. The third kappa shape index (κ3) is 3.81. The van der Waals surface area contributed by atoms with Crippen molar-refractivity contribution in [3.8, 4) is 0 Å². The van der Waals surface area contributed by atoms with E-state index in [0.29, 0.717) is 19.3 Å². The summed E-state index contributed by atoms with van der Waals surface area (Å²) in [6.07, 6.45) is 6.32. The average Bonchev–Trinajstić information content (AvgIpc) is 2.47. The van der Waals surface area contributed by atoms with Crippen LogP contribution < -0.4 is 17.1 Å². The molecule has 0 aliphatic rings. The predicted molar refractivity (Wildman–Crippen MR) is 83.7 cm³/mol. The maximum atomic E-state index is 12.3. The lowest BCUT2D eigenvalue weighted by molar-refractivity contribution is 0.450. The standard InChI is InChI=1S/C15H21N3O3/c1-4-7-10-16-13(19)17(11-8-5-2)15(21)18(14(16)20)12-9-6-3/h4-6H,1-3,7-12H2. The number of aromatic nitrogens is 3. The molecule has 0 radical (unpaired) electrons. The molecule has 6 nitrogen and oxygen atoms in total. The maximum Gasteiger partial charge on any atom is 0.336 e. The van der Waals surface area contributed by atoms with Crippen LogP contribution in [0.4, 0.5) is 0 Å². The van der Waals surface area contributed by atoms with Gasteiger partial charge in [-0.2, -0.15) is 0 Å². The maximum absolute atomic E-state index is 12.3. The molecule has 1 aromatic rings. The van der Waals surface area contributed by atoms with E-state index < -0.39 is 17.1 Å². The first-order valence-electron chi connectivity index (χ1n) is 6.85. The Hall–Kier alpha value is -2.37. The highest BCUT2D eigenvalue weighted by Crippen LogP contribution is 1.88. The normalized spacial score (nSPS) is 10.3. The minimum Gasteiger partial charge on any atom is -0.247 e. The molecule has 114 valence electrons. The molecule has 0 spiro atoms. The van der Waals surface area contributed by atoms with Gasteiger partial charge in [0.05, 0.1) is 0 Å². The zero-order valence-electron chi connectivity index (χ0n) is 12.2. The zero-order chi connectivity index (χ0) is 15.8. The Morgan fingerprint density at radius 1 is 0.619 bits per heavy atom. The molecule has 0 atom stereocenters. The molecular formula is C15H21N3O3. The summed E-state index contributed by atoms with van der Waals surface area (Å²) >= 11 is 0. The summed E-state index contributed by atoms with van der Waals surface area (Å²) in [7, 11) is 0. The fourth-order valence-corrected chi connectivity index (χ4v) is 1.92. The molecule has 6 heteroatoms. The first-order valence-corrected chi connectivity index (χ1v) is 6.85. The average molecular weight is 291 g/mol. The van der Waals surface area contributed by atoms with E-state index in [4.69, 9.17) is 0 Å². The summed E-state index contributed by atoms with van der Waals surface area (Å²) < 4.78 is 3.24. The minimum absolute atomic E-state index is 0.212. The first kappa shape index (κ1) is 16.7. The fourth-order valence-electron chi connectivity index (χ4n) is 1.92. The molecule has 0 bridgehead atoms. The molecule has 0 aliphatic carbocycles. The van der Waals surface area contributed by atoms with Crippen LogP contribution in [0.15, 0.2) is 52.3 Å². The van der Waals surface area contributed by atoms with Crippen LogP contribution in [0, 0.1) is 0 Å². The molecule has 21 heavy (non-hydrogen) atoms. The van der Waals surface area contributed by atoms with E-state index in [-0.39, 0.29) is 19.6 Å². The molecular weight excluding hydrogens is 270 g/mol. The Morgan fingerprint density at radius 2 is 0.857 bits per heavy atom. The van der Waals surface area contributed by atoms with Gasteiger partial charge in [-0.05, 0) is 19.3 Å². The second-order valence-electron chi connectivity index (χ2n) is 4.53. The summed E-state index contributed by atoms with van der Waals surface area (Å²) in [5, 5.41) is 0. The van der Waals surface area contributed by atoms with Gasteiger partial charge in [0, 0.05) is 19.6 Å². The first-order chi connectivity index (χ1) is 10.1. The second-order valence-corrected chi connectivity index (χ2v) is 4.53. The van der Waals surface area contributed by atoms with E-state index in [0.717, 1.165) is 13.7 Å². The lowest BCUT2D eigenvalue weighted by atomic mass is 10.4. The summed E-state index contributed by atoms with van der Waals surface area (Å²) in [5.74, 6) is 0. The molecule has 1 rings (SSSR count). The van der Waals surface area contributed by atoms with E-state index in [1.54, 1.807) is 18.2 Å². The van der Waals surface area contributed by atoms with Crippen molar-refractivity contribution in [3.05, 3.63) is 69.4 Å². The van der Waals surface area contributed by atoms with Crippen molar-refractivity contribution in [3.63, 3.8) is 0 Å². The monoisotopic (exact) mass is 291 g/mol. The van der Waals surface area contributed by atoms with Crippen LogP contribution in [0.3, 0.4) is 0 Å². The number of hydrogen-bond acceptors (Lipinski definition) is 3. The number of rotatable bonds is 9. The highest BCUT2D eigenvalue weighted by atomic mass is 16.2. The van der Waals surface area contributed by atoms with Gasteiger partial charge in [0.15, 0.2) is 0 Å². The second kappa shape index (κ2) is 8.04. The summed E-state index contributed by atoms with van der Waals surface area (Å²) in [4.78, 5) is 36.8. The summed E-state index contributed by atoms with van der Waals surface area (Å²) in [6, 6.07) is 0. The number of nitrogens with zero attached hydrogens (tertiary/aromatic N) is 3. The molecule has 0 saturated heterocycles.